The normalized spacial score (nSPS) is 10.8. The van der Waals surface area contributed by atoms with E-state index in [9.17, 15) is 4.79 Å². The van der Waals surface area contributed by atoms with E-state index in [0.717, 1.165) is 16.8 Å². The van der Waals surface area contributed by atoms with Crippen molar-refractivity contribution in [3.05, 3.63) is 102 Å². The molecule has 0 radical (unpaired) electrons. The molecule has 1 amide bonds. The molecule has 0 saturated carbocycles. The molecule has 0 aliphatic heterocycles. The Morgan fingerprint density at radius 3 is 2.19 bits per heavy atom. The maximum Gasteiger partial charge on any atom is 0.233 e. The van der Waals surface area contributed by atoms with Gasteiger partial charge in [-0.3, -0.25) is 9.36 Å². The first-order valence-electron chi connectivity index (χ1n) is 10.2. The number of rotatable bonds is 8. The summed E-state index contributed by atoms with van der Waals surface area (Å²) in [7, 11) is 3.47. The quantitative estimate of drug-likeness (QED) is 0.371. The van der Waals surface area contributed by atoms with E-state index in [1.54, 1.807) is 18.3 Å². The number of para-hydroxylation sites is 2. The molecule has 0 bridgehead atoms. The number of aromatic nitrogens is 3. The SMILES string of the molecule is COc1ccccc1-n1cnnc1SCC(=O)N(C)C(c1ccccc1)c1ccccc1. The summed E-state index contributed by atoms with van der Waals surface area (Å²) in [5, 5.41) is 8.88. The van der Waals surface area contributed by atoms with E-state index >= 15 is 0 Å². The fourth-order valence-electron chi connectivity index (χ4n) is 3.60. The van der Waals surface area contributed by atoms with E-state index in [1.807, 2.05) is 96.5 Å². The van der Waals surface area contributed by atoms with Crippen molar-refractivity contribution >= 4 is 17.7 Å². The lowest BCUT2D eigenvalue weighted by Crippen LogP contribution is -2.33. The zero-order chi connectivity index (χ0) is 22.3. The van der Waals surface area contributed by atoms with Crippen LogP contribution in [-0.4, -0.2) is 45.5 Å². The van der Waals surface area contributed by atoms with Crippen LogP contribution in [0.15, 0.2) is 96.4 Å². The van der Waals surface area contributed by atoms with Crippen molar-refractivity contribution in [3.8, 4) is 11.4 Å². The molecule has 4 rings (SSSR count). The summed E-state index contributed by atoms with van der Waals surface area (Å²) in [6.07, 6.45) is 1.63. The van der Waals surface area contributed by atoms with Gasteiger partial charge in [0.15, 0.2) is 5.16 Å². The van der Waals surface area contributed by atoms with Crippen LogP contribution in [0.1, 0.15) is 17.2 Å². The third kappa shape index (κ3) is 4.68. The zero-order valence-electron chi connectivity index (χ0n) is 18.0. The minimum absolute atomic E-state index is 0.00211. The lowest BCUT2D eigenvalue weighted by molar-refractivity contribution is -0.128. The number of nitrogens with zero attached hydrogens (tertiary/aromatic N) is 4. The maximum absolute atomic E-state index is 13.2. The fourth-order valence-corrected chi connectivity index (χ4v) is 4.44. The number of ether oxygens (including phenoxy) is 1. The molecule has 1 aromatic heterocycles. The first-order chi connectivity index (χ1) is 15.7. The van der Waals surface area contributed by atoms with Crippen LogP contribution in [0.5, 0.6) is 5.75 Å². The number of carbonyl (C=O) groups excluding carboxylic acids is 1. The van der Waals surface area contributed by atoms with E-state index < -0.39 is 0 Å². The molecule has 7 heteroatoms. The molecule has 6 nitrogen and oxygen atoms in total. The number of amides is 1. The second-order valence-corrected chi connectivity index (χ2v) is 8.12. The summed E-state index contributed by atoms with van der Waals surface area (Å²) in [6, 6.07) is 27.6. The van der Waals surface area contributed by atoms with Gasteiger partial charge in [0.1, 0.15) is 12.1 Å². The first-order valence-corrected chi connectivity index (χ1v) is 11.2. The summed E-state index contributed by atoms with van der Waals surface area (Å²) in [5.41, 5.74) is 2.96. The molecule has 0 spiro atoms. The van der Waals surface area contributed by atoms with Gasteiger partial charge in [0.05, 0.1) is 24.6 Å². The van der Waals surface area contributed by atoms with Gasteiger partial charge >= 0.3 is 0 Å². The first kappa shape index (κ1) is 21.6. The molecular formula is C25H24N4O2S. The van der Waals surface area contributed by atoms with Crippen molar-refractivity contribution in [2.75, 3.05) is 19.9 Å². The van der Waals surface area contributed by atoms with Gasteiger partial charge in [-0.05, 0) is 23.3 Å². The van der Waals surface area contributed by atoms with Crippen LogP contribution in [0, 0.1) is 0 Å². The molecule has 0 unspecified atom stereocenters. The Hall–Kier alpha value is -3.58. The largest absolute Gasteiger partial charge is 0.495 e. The summed E-state index contributed by atoms with van der Waals surface area (Å²) in [4.78, 5) is 15.0. The Morgan fingerprint density at radius 2 is 1.56 bits per heavy atom. The second-order valence-electron chi connectivity index (χ2n) is 7.17. The van der Waals surface area contributed by atoms with E-state index in [4.69, 9.17) is 4.74 Å². The van der Waals surface area contributed by atoms with Gasteiger partial charge in [-0.15, -0.1) is 10.2 Å². The van der Waals surface area contributed by atoms with Crippen molar-refractivity contribution in [2.24, 2.45) is 0 Å². The standard InChI is InChI=1S/C25H24N4O2S/c1-28(24(19-11-5-3-6-12-19)20-13-7-4-8-14-20)23(30)17-32-25-27-26-18-29(25)21-15-9-10-16-22(21)31-2/h3-16,18,24H,17H2,1-2H3. The van der Waals surface area contributed by atoms with Gasteiger partial charge in [0.25, 0.3) is 0 Å². The number of methoxy groups -OCH3 is 1. The Labute approximate surface area is 191 Å². The number of hydrogen-bond donors (Lipinski definition) is 0. The molecule has 0 aliphatic carbocycles. The Bertz CT molecular complexity index is 1130. The van der Waals surface area contributed by atoms with Crippen LogP contribution in [-0.2, 0) is 4.79 Å². The third-order valence-corrected chi connectivity index (χ3v) is 6.13. The van der Waals surface area contributed by atoms with Gasteiger partial charge in [-0.2, -0.15) is 0 Å². The summed E-state index contributed by atoms with van der Waals surface area (Å²) in [6.45, 7) is 0. The van der Waals surface area contributed by atoms with Gasteiger partial charge < -0.3 is 9.64 Å². The molecule has 0 N–H and O–H groups in total. The number of benzene rings is 3. The topological polar surface area (TPSA) is 60.2 Å². The lowest BCUT2D eigenvalue weighted by atomic mass is 9.97. The van der Waals surface area contributed by atoms with Crippen molar-refractivity contribution < 1.29 is 9.53 Å². The van der Waals surface area contributed by atoms with Crippen molar-refractivity contribution in [1.29, 1.82) is 0 Å². The molecule has 0 fully saturated rings. The van der Waals surface area contributed by atoms with Gasteiger partial charge in [0.2, 0.25) is 5.91 Å². The number of carbonyl (C=O) groups is 1. The monoisotopic (exact) mass is 444 g/mol. The molecule has 0 atom stereocenters. The highest BCUT2D eigenvalue weighted by molar-refractivity contribution is 7.99. The summed E-state index contributed by atoms with van der Waals surface area (Å²) < 4.78 is 7.29. The summed E-state index contributed by atoms with van der Waals surface area (Å²) in [5.74, 6) is 0.952. The Balaban J connectivity index is 1.54. The van der Waals surface area contributed by atoms with Crippen LogP contribution in [0.3, 0.4) is 0 Å². The zero-order valence-corrected chi connectivity index (χ0v) is 18.8. The molecule has 162 valence electrons. The van der Waals surface area contributed by atoms with Crippen LogP contribution in [0.2, 0.25) is 0 Å². The van der Waals surface area contributed by atoms with Crippen molar-refractivity contribution in [2.45, 2.75) is 11.2 Å². The van der Waals surface area contributed by atoms with Gasteiger partial charge in [-0.25, -0.2) is 0 Å². The van der Waals surface area contributed by atoms with E-state index in [0.29, 0.717) is 10.9 Å². The average molecular weight is 445 g/mol. The molecule has 32 heavy (non-hydrogen) atoms. The fraction of sp³-hybridized carbons (Fsp3) is 0.160. The number of thioether (sulfide) groups is 1. The molecule has 1 heterocycles. The smallest absolute Gasteiger partial charge is 0.233 e. The highest BCUT2D eigenvalue weighted by atomic mass is 32.2. The highest BCUT2D eigenvalue weighted by Crippen LogP contribution is 2.30. The van der Waals surface area contributed by atoms with Crippen LogP contribution >= 0.6 is 11.8 Å². The Morgan fingerprint density at radius 1 is 0.969 bits per heavy atom. The van der Waals surface area contributed by atoms with E-state index in [2.05, 4.69) is 10.2 Å². The van der Waals surface area contributed by atoms with Crippen molar-refractivity contribution in [1.82, 2.24) is 19.7 Å². The molecule has 3 aromatic carbocycles. The lowest BCUT2D eigenvalue weighted by Gasteiger charge is -2.29. The second kappa shape index (κ2) is 10.2. The Kier molecular flexibility index (Phi) is 6.87. The average Bonchev–Trinajstić information content (AvgIpc) is 3.32. The predicted octanol–water partition coefficient (Wildman–Crippen LogP) is 4.62. The van der Waals surface area contributed by atoms with E-state index in [-0.39, 0.29) is 17.7 Å². The van der Waals surface area contributed by atoms with Gasteiger partial charge in [0, 0.05) is 7.05 Å². The molecule has 0 aliphatic rings. The minimum Gasteiger partial charge on any atom is -0.495 e. The van der Waals surface area contributed by atoms with Crippen molar-refractivity contribution in [3.63, 3.8) is 0 Å². The molecular weight excluding hydrogens is 420 g/mol. The minimum atomic E-state index is -0.169. The van der Waals surface area contributed by atoms with Crippen LogP contribution in [0.4, 0.5) is 0 Å². The summed E-state index contributed by atoms with van der Waals surface area (Å²) >= 11 is 1.35. The highest BCUT2D eigenvalue weighted by Gasteiger charge is 2.24. The van der Waals surface area contributed by atoms with Gasteiger partial charge in [-0.1, -0.05) is 84.6 Å². The molecule has 0 saturated heterocycles. The third-order valence-electron chi connectivity index (χ3n) is 5.20. The van der Waals surface area contributed by atoms with Crippen LogP contribution in [0.25, 0.3) is 5.69 Å². The molecule has 4 aromatic rings. The van der Waals surface area contributed by atoms with Crippen LogP contribution < -0.4 is 4.74 Å². The number of hydrogen-bond acceptors (Lipinski definition) is 5. The predicted molar refractivity (Wildman–Crippen MR) is 126 cm³/mol. The van der Waals surface area contributed by atoms with E-state index in [1.165, 1.54) is 11.8 Å². The maximum atomic E-state index is 13.2.